The van der Waals surface area contributed by atoms with E-state index in [0.29, 0.717) is 0 Å². The Morgan fingerprint density at radius 3 is 1.63 bits per heavy atom. The summed E-state index contributed by atoms with van der Waals surface area (Å²) >= 11 is 1.86. The van der Waals surface area contributed by atoms with E-state index in [2.05, 4.69) is 217 Å². The summed E-state index contributed by atoms with van der Waals surface area (Å²) in [6.07, 6.45) is 0. The lowest BCUT2D eigenvalue weighted by Crippen LogP contribution is -2.11. The maximum Gasteiger partial charge on any atom is 0.0540 e. The summed E-state index contributed by atoms with van der Waals surface area (Å²) in [5.41, 5.74) is 13.0. The van der Waals surface area contributed by atoms with Crippen molar-refractivity contribution in [2.24, 2.45) is 0 Å². The SMILES string of the molecule is c1ccc(-c2ccc(N(c3ccc(-c4ccccc4-c4cccc5ccccc45)cc3)c3ccccc3-c3ccc4sc5ccccc5c4c3)cc2)cc1. The molecule has 0 atom stereocenters. The van der Waals surface area contributed by atoms with E-state index in [1.54, 1.807) is 0 Å². The third-order valence-corrected chi connectivity index (χ3v) is 11.7. The Bertz CT molecular complexity index is 2920. The summed E-state index contributed by atoms with van der Waals surface area (Å²) in [5, 5.41) is 5.12. The molecule has 0 fully saturated rings. The molecule has 1 nitrogen and oxygen atoms in total. The molecule has 0 unspecified atom stereocenters. The van der Waals surface area contributed by atoms with Crippen LogP contribution in [-0.4, -0.2) is 0 Å². The maximum absolute atomic E-state index is 2.40. The molecule has 0 bridgehead atoms. The number of benzene rings is 9. The van der Waals surface area contributed by atoms with Crippen LogP contribution < -0.4 is 4.90 Å². The first-order valence-corrected chi connectivity index (χ1v) is 19.2. The standard InChI is InChI=1S/C52H35NS/c1-2-13-36(14-3-1)37-25-30-41(31-26-37)53(50-23-10-8-19-45(50)40-29-34-52-49(35-40)48-21-9-11-24-51(48)54-52)42-32-27-39(28-33-42)44-18-6-7-20-46(44)47-22-12-16-38-15-4-5-17-43(38)47/h1-35H. The van der Waals surface area contributed by atoms with Crippen molar-refractivity contribution in [2.45, 2.75) is 0 Å². The Labute approximate surface area is 319 Å². The molecule has 0 saturated carbocycles. The van der Waals surface area contributed by atoms with Gasteiger partial charge in [0.05, 0.1) is 5.69 Å². The van der Waals surface area contributed by atoms with E-state index < -0.39 is 0 Å². The van der Waals surface area contributed by atoms with E-state index in [0.717, 1.165) is 17.1 Å². The molecule has 2 heteroatoms. The van der Waals surface area contributed by atoms with Crippen LogP contribution in [0, 0.1) is 0 Å². The van der Waals surface area contributed by atoms with Crippen LogP contribution >= 0.6 is 11.3 Å². The van der Waals surface area contributed by atoms with E-state index in [4.69, 9.17) is 0 Å². The zero-order valence-electron chi connectivity index (χ0n) is 29.6. The van der Waals surface area contributed by atoms with Crippen molar-refractivity contribution in [3.8, 4) is 44.5 Å². The third kappa shape index (κ3) is 5.74. The van der Waals surface area contributed by atoms with Gasteiger partial charge in [-0.05, 0) is 98.2 Å². The summed E-state index contributed by atoms with van der Waals surface area (Å²) in [6.45, 7) is 0. The summed E-state index contributed by atoms with van der Waals surface area (Å²) in [5.74, 6) is 0. The van der Waals surface area contributed by atoms with Crippen LogP contribution in [0.5, 0.6) is 0 Å². The minimum Gasteiger partial charge on any atom is -0.310 e. The molecule has 10 rings (SSSR count). The van der Waals surface area contributed by atoms with Gasteiger partial charge in [0.1, 0.15) is 0 Å². The lowest BCUT2D eigenvalue weighted by Gasteiger charge is -2.28. The molecule has 0 N–H and O–H groups in total. The Hall–Kier alpha value is -6.74. The number of anilines is 3. The fourth-order valence-corrected chi connectivity index (χ4v) is 8.97. The van der Waals surface area contributed by atoms with E-state index in [1.165, 1.54) is 75.5 Å². The van der Waals surface area contributed by atoms with Crippen molar-refractivity contribution in [2.75, 3.05) is 4.90 Å². The highest BCUT2D eigenvalue weighted by Gasteiger charge is 2.19. The predicted molar refractivity (Wildman–Crippen MR) is 233 cm³/mol. The van der Waals surface area contributed by atoms with Crippen LogP contribution in [0.2, 0.25) is 0 Å². The van der Waals surface area contributed by atoms with Crippen LogP contribution in [0.4, 0.5) is 17.1 Å². The number of nitrogens with zero attached hydrogens (tertiary/aromatic N) is 1. The van der Waals surface area contributed by atoms with Crippen molar-refractivity contribution in [1.82, 2.24) is 0 Å². The smallest absolute Gasteiger partial charge is 0.0540 e. The average Bonchev–Trinajstić information content (AvgIpc) is 3.63. The summed E-state index contributed by atoms with van der Waals surface area (Å²) in [6, 6.07) is 77.1. The van der Waals surface area contributed by atoms with Crippen molar-refractivity contribution in [3.05, 3.63) is 212 Å². The number of rotatable bonds is 7. The highest BCUT2D eigenvalue weighted by Crippen LogP contribution is 2.44. The molecule has 1 aromatic heterocycles. The Kier molecular flexibility index (Phi) is 8.09. The normalized spacial score (nSPS) is 11.3. The third-order valence-electron chi connectivity index (χ3n) is 10.5. The van der Waals surface area contributed by atoms with E-state index >= 15 is 0 Å². The lowest BCUT2D eigenvalue weighted by atomic mass is 9.91. The summed E-state index contributed by atoms with van der Waals surface area (Å²) < 4.78 is 2.63. The van der Waals surface area contributed by atoms with Gasteiger partial charge >= 0.3 is 0 Å². The molecule has 9 aromatic carbocycles. The van der Waals surface area contributed by atoms with Gasteiger partial charge in [-0.15, -0.1) is 11.3 Å². The predicted octanol–water partition coefficient (Wildman–Crippen LogP) is 15.3. The minimum absolute atomic E-state index is 1.10. The Morgan fingerprint density at radius 1 is 0.296 bits per heavy atom. The lowest BCUT2D eigenvalue weighted by molar-refractivity contribution is 1.28. The molecular formula is C52H35NS. The fourth-order valence-electron chi connectivity index (χ4n) is 7.89. The van der Waals surface area contributed by atoms with Gasteiger partial charge in [-0.25, -0.2) is 0 Å². The van der Waals surface area contributed by atoms with Gasteiger partial charge in [-0.3, -0.25) is 0 Å². The Morgan fingerprint density at radius 2 is 0.833 bits per heavy atom. The van der Waals surface area contributed by atoms with Crippen LogP contribution in [-0.2, 0) is 0 Å². The second-order valence-corrected chi connectivity index (χ2v) is 14.8. The Balaban J connectivity index is 1.10. The minimum atomic E-state index is 1.10. The molecule has 10 aromatic rings. The van der Waals surface area contributed by atoms with E-state index in [1.807, 2.05) is 11.3 Å². The van der Waals surface area contributed by atoms with Crippen molar-refractivity contribution >= 4 is 59.3 Å². The van der Waals surface area contributed by atoms with Gasteiger partial charge < -0.3 is 4.90 Å². The van der Waals surface area contributed by atoms with Crippen LogP contribution in [0.15, 0.2) is 212 Å². The number of fused-ring (bicyclic) bond motifs is 4. The molecule has 1 heterocycles. The molecule has 0 aliphatic rings. The van der Waals surface area contributed by atoms with Crippen LogP contribution in [0.1, 0.15) is 0 Å². The van der Waals surface area contributed by atoms with Gasteiger partial charge in [-0.2, -0.15) is 0 Å². The number of hydrogen-bond donors (Lipinski definition) is 0. The van der Waals surface area contributed by atoms with Crippen molar-refractivity contribution < 1.29 is 0 Å². The van der Waals surface area contributed by atoms with Gasteiger partial charge in [0, 0.05) is 37.1 Å². The van der Waals surface area contributed by atoms with E-state index in [-0.39, 0.29) is 0 Å². The topological polar surface area (TPSA) is 3.24 Å². The van der Waals surface area contributed by atoms with Gasteiger partial charge in [0.25, 0.3) is 0 Å². The molecule has 0 aliphatic carbocycles. The molecular weight excluding hydrogens is 671 g/mol. The molecule has 54 heavy (non-hydrogen) atoms. The fraction of sp³-hybridized carbons (Fsp3) is 0. The van der Waals surface area contributed by atoms with E-state index in [9.17, 15) is 0 Å². The second-order valence-electron chi connectivity index (χ2n) is 13.7. The number of thiophene rings is 1. The highest BCUT2D eigenvalue weighted by atomic mass is 32.1. The monoisotopic (exact) mass is 705 g/mol. The van der Waals surface area contributed by atoms with Gasteiger partial charge in [0.15, 0.2) is 0 Å². The molecule has 0 aliphatic heterocycles. The van der Waals surface area contributed by atoms with Gasteiger partial charge in [0.2, 0.25) is 0 Å². The maximum atomic E-state index is 2.40. The molecule has 0 radical (unpaired) electrons. The molecule has 0 amide bonds. The van der Waals surface area contributed by atoms with Gasteiger partial charge in [-0.1, -0.05) is 164 Å². The van der Waals surface area contributed by atoms with Crippen molar-refractivity contribution in [1.29, 1.82) is 0 Å². The second kappa shape index (κ2) is 13.7. The van der Waals surface area contributed by atoms with Crippen LogP contribution in [0.3, 0.4) is 0 Å². The highest BCUT2D eigenvalue weighted by molar-refractivity contribution is 7.25. The first-order chi connectivity index (χ1) is 26.8. The quantitative estimate of drug-likeness (QED) is 0.160. The summed E-state index contributed by atoms with van der Waals surface area (Å²) in [7, 11) is 0. The summed E-state index contributed by atoms with van der Waals surface area (Å²) in [4.78, 5) is 2.40. The zero-order valence-corrected chi connectivity index (χ0v) is 30.4. The largest absolute Gasteiger partial charge is 0.310 e. The molecule has 254 valence electrons. The average molecular weight is 706 g/mol. The molecule has 0 spiro atoms. The number of hydrogen-bond acceptors (Lipinski definition) is 2. The molecule has 0 saturated heterocycles. The first kappa shape index (κ1) is 32.0. The first-order valence-electron chi connectivity index (χ1n) is 18.4. The van der Waals surface area contributed by atoms with Crippen molar-refractivity contribution in [3.63, 3.8) is 0 Å². The zero-order chi connectivity index (χ0) is 35.8. The van der Waals surface area contributed by atoms with Crippen LogP contribution in [0.25, 0.3) is 75.5 Å². The number of para-hydroxylation sites is 1.